The highest BCUT2D eigenvalue weighted by atomic mass is 16.3. The van der Waals surface area contributed by atoms with Crippen molar-refractivity contribution in [3.8, 4) is 0 Å². The van der Waals surface area contributed by atoms with E-state index in [1.807, 2.05) is 13.8 Å². The molecule has 1 heteroatoms. The Bertz CT molecular complexity index is 125. The van der Waals surface area contributed by atoms with Crippen LogP contribution in [0.15, 0.2) is 0 Å². The minimum Gasteiger partial charge on any atom is -0.390 e. The smallest absolute Gasteiger partial charge is 0.0650 e. The van der Waals surface area contributed by atoms with Crippen LogP contribution in [0.5, 0.6) is 0 Å². The standard InChI is InChI=1S/C10H20O.C2H6/c1-8(2)9(3)7-10(11)5-4-6-10;1-2/h8-9,11H,4-7H2,1-3H3;1-2H3. The summed E-state index contributed by atoms with van der Waals surface area (Å²) in [6, 6.07) is 0. The summed E-state index contributed by atoms with van der Waals surface area (Å²) in [5.41, 5.74) is -0.274. The molecule has 0 aliphatic heterocycles. The third-order valence-electron chi connectivity index (χ3n) is 3.12. The zero-order valence-electron chi connectivity index (χ0n) is 9.93. The Labute approximate surface area is 83.5 Å². The van der Waals surface area contributed by atoms with Gasteiger partial charge >= 0.3 is 0 Å². The van der Waals surface area contributed by atoms with Crippen LogP contribution < -0.4 is 0 Å². The number of aliphatic hydroxyl groups is 1. The fraction of sp³-hybridized carbons (Fsp3) is 1.00. The molecule has 0 aromatic carbocycles. The van der Waals surface area contributed by atoms with Crippen LogP contribution in [-0.2, 0) is 0 Å². The van der Waals surface area contributed by atoms with Gasteiger partial charge in [-0.1, -0.05) is 34.6 Å². The Balaban J connectivity index is 0.000000671. The quantitative estimate of drug-likeness (QED) is 0.714. The van der Waals surface area contributed by atoms with Crippen molar-refractivity contribution in [1.29, 1.82) is 0 Å². The maximum absolute atomic E-state index is 9.83. The monoisotopic (exact) mass is 186 g/mol. The van der Waals surface area contributed by atoms with Crippen LogP contribution in [-0.4, -0.2) is 10.7 Å². The average Bonchev–Trinajstić information content (AvgIpc) is 2.05. The third kappa shape index (κ3) is 4.12. The average molecular weight is 186 g/mol. The highest BCUT2D eigenvalue weighted by Gasteiger charge is 2.35. The maximum Gasteiger partial charge on any atom is 0.0650 e. The summed E-state index contributed by atoms with van der Waals surface area (Å²) >= 11 is 0. The lowest BCUT2D eigenvalue weighted by molar-refractivity contribution is -0.0551. The molecular weight excluding hydrogens is 160 g/mol. The lowest BCUT2D eigenvalue weighted by Gasteiger charge is -2.39. The molecule has 1 saturated carbocycles. The highest BCUT2D eigenvalue weighted by molar-refractivity contribution is 4.88. The van der Waals surface area contributed by atoms with Gasteiger partial charge in [-0.3, -0.25) is 0 Å². The predicted octanol–water partition coefficient (Wildman–Crippen LogP) is 3.61. The van der Waals surface area contributed by atoms with Crippen molar-refractivity contribution in [3.63, 3.8) is 0 Å². The summed E-state index contributed by atoms with van der Waals surface area (Å²) in [6.07, 6.45) is 4.29. The van der Waals surface area contributed by atoms with E-state index in [-0.39, 0.29) is 5.60 Å². The first-order valence-electron chi connectivity index (χ1n) is 5.76. The van der Waals surface area contributed by atoms with Gasteiger partial charge in [0.05, 0.1) is 5.60 Å². The molecule has 1 nitrogen and oxygen atoms in total. The van der Waals surface area contributed by atoms with Crippen molar-refractivity contribution in [1.82, 2.24) is 0 Å². The second kappa shape index (κ2) is 5.64. The van der Waals surface area contributed by atoms with E-state index < -0.39 is 0 Å². The van der Waals surface area contributed by atoms with Gasteiger partial charge in [-0.05, 0) is 37.5 Å². The van der Waals surface area contributed by atoms with Gasteiger partial charge in [0.15, 0.2) is 0 Å². The molecule has 0 bridgehead atoms. The van der Waals surface area contributed by atoms with E-state index in [1.165, 1.54) is 6.42 Å². The van der Waals surface area contributed by atoms with Gasteiger partial charge in [-0.15, -0.1) is 0 Å². The summed E-state index contributed by atoms with van der Waals surface area (Å²) in [5, 5.41) is 9.83. The van der Waals surface area contributed by atoms with Crippen molar-refractivity contribution in [3.05, 3.63) is 0 Å². The fourth-order valence-electron chi connectivity index (χ4n) is 1.62. The third-order valence-corrected chi connectivity index (χ3v) is 3.12. The second-order valence-electron chi connectivity index (χ2n) is 4.50. The van der Waals surface area contributed by atoms with Crippen LogP contribution in [0.4, 0.5) is 0 Å². The molecule has 0 heterocycles. The van der Waals surface area contributed by atoms with E-state index in [2.05, 4.69) is 20.8 Å². The Morgan fingerprint density at radius 1 is 1.15 bits per heavy atom. The van der Waals surface area contributed by atoms with Gasteiger partial charge in [0.25, 0.3) is 0 Å². The minimum atomic E-state index is -0.274. The van der Waals surface area contributed by atoms with Crippen LogP contribution in [0, 0.1) is 11.8 Å². The molecule has 1 N–H and O–H groups in total. The Hall–Kier alpha value is -0.0400. The fourth-order valence-corrected chi connectivity index (χ4v) is 1.62. The zero-order chi connectivity index (χ0) is 10.5. The largest absolute Gasteiger partial charge is 0.390 e. The summed E-state index contributed by atoms with van der Waals surface area (Å²) in [6.45, 7) is 10.7. The highest BCUT2D eigenvalue weighted by Crippen LogP contribution is 2.38. The van der Waals surface area contributed by atoms with Gasteiger partial charge in [-0.2, -0.15) is 0 Å². The lowest BCUT2D eigenvalue weighted by atomic mass is 9.73. The summed E-state index contributed by atoms with van der Waals surface area (Å²) < 4.78 is 0. The van der Waals surface area contributed by atoms with E-state index in [0.717, 1.165) is 19.3 Å². The number of hydrogen-bond acceptors (Lipinski definition) is 1. The summed E-state index contributed by atoms with van der Waals surface area (Å²) in [4.78, 5) is 0. The summed E-state index contributed by atoms with van der Waals surface area (Å²) in [7, 11) is 0. The maximum atomic E-state index is 9.83. The molecule has 1 aliphatic carbocycles. The van der Waals surface area contributed by atoms with Crippen LogP contribution in [0.25, 0.3) is 0 Å². The molecule has 13 heavy (non-hydrogen) atoms. The van der Waals surface area contributed by atoms with E-state index in [4.69, 9.17) is 0 Å². The van der Waals surface area contributed by atoms with E-state index >= 15 is 0 Å². The summed E-state index contributed by atoms with van der Waals surface area (Å²) in [5.74, 6) is 1.37. The second-order valence-corrected chi connectivity index (χ2v) is 4.50. The molecule has 1 rings (SSSR count). The van der Waals surface area contributed by atoms with Crippen LogP contribution in [0.2, 0.25) is 0 Å². The van der Waals surface area contributed by atoms with Crippen LogP contribution in [0.3, 0.4) is 0 Å². The van der Waals surface area contributed by atoms with E-state index in [1.54, 1.807) is 0 Å². The normalized spacial score (nSPS) is 21.5. The SMILES string of the molecule is CC.CC(C)C(C)CC1(O)CCC1. The molecule has 0 radical (unpaired) electrons. The lowest BCUT2D eigenvalue weighted by Crippen LogP contribution is -2.39. The Morgan fingerprint density at radius 3 is 1.85 bits per heavy atom. The molecule has 0 saturated heterocycles. The van der Waals surface area contributed by atoms with Gasteiger partial charge < -0.3 is 5.11 Å². The molecule has 0 aromatic heterocycles. The van der Waals surface area contributed by atoms with Crippen LogP contribution >= 0.6 is 0 Å². The van der Waals surface area contributed by atoms with Gasteiger partial charge in [0.1, 0.15) is 0 Å². The molecule has 0 spiro atoms. The number of hydrogen-bond donors (Lipinski definition) is 1. The molecule has 0 aromatic rings. The molecule has 80 valence electrons. The van der Waals surface area contributed by atoms with Crippen molar-refractivity contribution in [2.24, 2.45) is 11.8 Å². The number of rotatable bonds is 3. The first kappa shape index (κ1) is 13.0. The minimum absolute atomic E-state index is 0.274. The van der Waals surface area contributed by atoms with Gasteiger partial charge in [-0.25, -0.2) is 0 Å². The first-order valence-corrected chi connectivity index (χ1v) is 5.76. The van der Waals surface area contributed by atoms with Crippen molar-refractivity contribution in [2.75, 3.05) is 0 Å². The predicted molar refractivity (Wildman–Crippen MR) is 58.8 cm³/mol. The Kier molecular flexibility index (Phi) is 5.62. The first-order chi connectivity index (χ1) is 6.03. The molecular formula is C12H26O. The van der Waals surface area contributed by atoms with Gasteiger partial charge in [0, 0.05) is 0 Å². The van der Waals surface area contributed by atoms with E-state index in [9.17, 15) is 5.11 Å². The zero-order valence-corrected chi connectivity index (χ0v) is 9.93. The molecule has 1 atom stereocenters. The topological polar surface area (TPSA) is 20.2 Å². The molecule has 1 unspecified atom stereocenters. The van der Waals surface area contributed by atoms with Crippen molar-refractivity contribution >= 4 is 0 Å². The van der Waals surface area contributed by atoms with Crippen molar-refractivity contribution < 1.29 is 5.11 Å². The van der Waals surface area contributed by atoms with E-state index in [0.29, 0.717) is 11.8 Å². The molecule has 0 amide bonds. The van der Waals surface area contributed by atoms with Crippen molar-refractivity contribution in [2.45, 2.75) is 65.9 Å². The molecule has 1 fully saturated rings. The molecule has 1 aliphatic rings. The van der Waals surface area contributed by atoms with Gasteiger partial charge in [0.2, 0.25) is 0 Å². The van der Waals surface area contributed by atoms with Crippen LogP contribution in [0.1, 0.15) is 60.3 Å². The Morgan fingerprint density at radius 2 is 1.62 bits per heavy atom.